The van der Waals surface area contributed by atoms with Crippen molar-refractivity contribution in [2.24, 2.45) is 0 Å². The second-order valence-corrected chi connectivity index (χ2v) is 5.67. The van der Waals surface area contributed by atoms with E-state index in [4.69, 9.17) is 9.47 Å². The van der Waals surface area contributed by atoms with Crippen molar-refractivity contribution in [1.29, 1.82) is 0 Å². The highest BCUT2D eigenvalue weighted by Gasteiger charge is 2.11. The Labute approximate surface area is 156 Å². The molecule has 3 rings (SSSR count). The highest BCUT2D eigenvalue weighted by molar-refractivity contribution is 5.96. The lowest BCUT2D eigenvalue weighted by Gasteiger charge is -2.11. The van der Waals surface area contributed by atoms with Crippen molar-refractivity contribution in [3.05, 3.63) is 83.8 Å². The minimum absolute atomic E-state index is 0.225. The van der Waals surface area contributed by atoms with Crippen LogP contribution in [0.3, 0.4) is 0 Å². The third-order valence-corrected chi connectivity index (χ3v) is 3.72. The zero-order chi connectivity index (χ0) is 19.1. The molecule has 27 heavy (non-hydrogen) atoms. The molecule has 3 aromatic rings. The van der Waals surface area contributed by atoms with Gasteiger partial charge in [0.25, 0.3) is 5.91 Å². The van der Waals surface area contributed by atoms with Crippen LogP contribution in [0.1, 0.15) is 22.8 Å². The maximum Gasteiger partial charge on any atom is 0.255 e. The van der Waals surface area contributed by atoms with Crippen molar-refractivity contribution in [2.75, 3.05) is 6.61 Å². The molecule has 1 aromatic heterocycles. The highest BCUT2D eigenvalue weighted by Crippen LogP contribution is 2.21. The predicted molar refractivity (Wildman–Crippen MR) is 99.5 cm³/mol. The molecule has 138 valence electrons. The lowest BCUT2D eigenvalue weighted by atomic mass is 10.2. The Kier molecular flexibility index (Phi) is 5.99. The molecule has 0 unspecified atom stereocenters. The lowest BCUT2D eigenvalue weighted by Crippen LogP contribution is -2.23. The number of para-hydroxylation sites is 1. The van der Waals surface area contributed by atoms with E-state index in [9.17, 15) is 9.18 Å². The molecule has 0 aliphatic heterocycles. The van der Waals surface area contributed by atoms with E-state index in [1.807, 2.05) is 13.0 Å². The Balaban J connectivity index is 1.64. The summed E-state index contributed by atoms with van der Waals surface area (Å²) < 4.78 is 24.1. The third-order valence-electron chi connectivity index (χ3n) is 3.72. The zero-order valence-electron chi connectivity index (χ0n) is 14.8. The summed E-state index contributed by atoms with van der Waals surface area (Å²) in [6.45, 7) is 2.66. The van der Waals surface area contributed by atoms with Gasteiger partial charge in [-0.25, -0.2) is 9.37 Å². The molecule has 5 nitrogen and oxygen atoms in total. The van der Waals surface area contributed by atoms with E-state index in [-0.39, 0.29) is 11.7 Å². The van der Waals surface area contributed by atoms with Crippen molar-refractivity contribution in [2.45, 2.75) is 13.5 Å². The van der Waals surface area contributed by atoms with Gasteiger partial charge in [-0.1, -0.05) is 12.1 Å². The molecule has 2 aromatic carbocycles. The van der Waals surface area contributed by atoms with E-state index in [1.165, 1.54) is 24.3 Å². The number of amides is 1. The molecule has 6 heteroatoms. The maximum absolute atomic E-state index is 13.0. The van der Waals surface area contributed by atoms with Gasteiger partial charge < -0.3 is 14.8 Å². The summed E-state index contributed by atoms with van der Waals surface area (Å²) in [5.41, 5.74) is 1.31. The molecule has 0 saturated carbocycles. The molecular formula is C21H19FN2O3. The summed E-state index contributed by atoms with van der Waals surface area (Å²) in [6.07, 6.45) is 1.59. The number of rotatable bonds is 7. The van der Waals surface area contributed by atoms with Gasteiger partial charge in [0.1, 0.15) is 17.3 Å². The fourth-order valence-corrected chi connectivity index (χ4v) is 2.45. The Morgan fingerprint density at radius 1 is 1.11 bits per heavy atom. The molecule has 1 amide bonds. The monoisotopic (exact) mass is 366 g/mol. The number of carbonyl (C=O) groups is 1. The van der Waals surface area contributed by atoms with Crippen LogP contribution in [0.2, 0.25) is 0 Å². The molecule has 0 aliphatic carbocycles. The first-order valence-electron chi connectivity index (χ1n) is 8.54. The molecule has 0 saturated heterocycles. The molecule has 0 atom stereocenters. The van der Waals surface area contributed by atoms with Crippen molar-refractivity contribution in [3.63, 3.8) is 0 Å². The van der Waals surface area contributed by atoms with E-state index < -0.39 is 0 Å². The number of nitrogens with zero attached hydrogens (tertiary/aromatic N) is 1. The van der Waals surface area contributed by atoms with Gasteiger partial charge in [-0.15, -0.1) is 0 Å². The van der Waals surface area contributed by atoms with E-state index in [1.54, 1.807) is 36.5 Å². The van der Waals surface area contributed by atoms with Crippen molar-refractivity contribution in [1.82, 2.24) is 10.3 Å². The largest absolute Gasteiger partial charge is 0.493 e. The number of nitrogens with one attached hydrogen (secondary N) is 1. The second kappa shape index (κ2) is 8.80. The SMILES string of the molecule is CCOc1ccccc1C(=O)NCc1ccnc(Oc2ccc(F)cc2)c1. The number of pyridine rings is 1. The van der Waals surface area contributed by atoms with E-state index in [0.717, 1.165) is 5.56 Å². The first-order chi connectivity index (χ1) is 13.2. The summed E-state index contributed by atoms with van der Waals surface area (Å²) in [6, 6.07) is 16.3. The number of hydrogen-bond acceptors (Lipinski definition) is 4. The number of carbonyl (C=O) groups excluding carboxylic acids is 1. The number of benzene rings is 2. The summed E-state index contributed by atoms with van der Waals surface area (Å²) in [7, 11) is 0. The van der Waals surface area contributed by atoms with E-state index in [2.05, 4.69) is 10.3 Å². The molecule has 0 fully saturated rings. The van der Waals surface area contributed by atoms with Crippen LogP contribution in [-0.2, 0) is 6.54 Å². The lowest BCUT2D eigenvalue weighted by molar-refractivity contribution is 0.0947. The average molecular weight is 366 g/mol. The van der Waals surface area contributed by atoms with Gasteiger partial charge in [0.15, 0.2) is 0 Å². The maximum atomic E-state index is 13.0. The fraction of sp³-hybridized carbons (Fsp3) is 0.143. The molecule has 0 aliphatic rings. The minimum atomic E-state index is -0.334. The Hall–Kier alpha value is -3.41. The quantitative estimate of drug-likeness (QED) is 0.676. The Morgan fingerprint density at radius 3 is 2.67 bits per heavy atom. The van der Waals surface area contributed by atoms with Crippen LogP contribution >= 0.6 is 0 Å². The Bertz CT molecular complexity index is 913. The van der Waals surface area contributed by atoms with Crippen LogP contribution in [0, 0.1) is 5.82 Å². The van der Waals surface area contributed by atoms with E-state index in [0.29, 0.717) is 36.1 Å². The standard InChI is InChI=1S/C21H19FN2O3/c1-2-26-19-6-4-3-5-18(19)21(25)24-14-15-11-12-23-20(13-15)27-17-9-7-16(22)8-10-17/h3-13H,2,14H2,1H3,(H,24,25). The second-order valence-electron chi connectivity index (χ2n) is 5.67. The van der Waals surface area contributed by atoms with Crippen LogP contribution in [0.4, 0.5) is 4.39 Å². The number of halogens is 1. The van der Waals surface area contributed by atoms with Crippen LogP contribution in [0.15, 0.2) is 66.9 Å². The molecule has 1 heterocycles. The summed E-state index contributed by atoms with van der Waals surface area (Å²) >= 11 is 0. The Morgan fingerprint density at radius 2 is 1.89 bits per heavy atom. The predicted octanol–water partition coefficient (Wildman–Crippen LogP) is 4.34. The third kappa shape index (κ3) is 5.04. The molecule has 0 radical (unpaired) electrons. The first-order valence-corrected chi connectivity index (χ1v) is 8.54. The normalized spacial score (nSPS) is 10.3. The summed E-state index contributed by atoms with van der Waals surface area (Å²) in [5, 5.41) is 2.86. The minimum Gasteiger partial charge on any atom is -0.493 e. The van der Waals surface area contributed by atoms with Crippen LogP contribution in [0.25, 0.3) is 0 Å². The van der Waals surface area contributed by atoms with Gasteiger partial charge in [-0.05, 0) is 55.0 Å². The average Bonchev–Trinajstić information content (AvgIpc) is 2.69. The van der Waals surface area contributed by atoms with Crippen molar-refractivity contribution >= 4 is 5.91 Å². The number of hydrogen-bond donors (Lipinski definition) is 1. The van der Waals surface area contributed by atoms with E-state index >= 15 is 0 Å². The number of aromatic nitrogens is 1. The molecular weight excluding hydrogens is 347 g/mol. The molecule has 0 spiro atoms. The molecule has 1 N–H and O–H groups in total. The van der Waals surface area contributed by atoms with Crippen molar-refractivity contribution in [3.8, 4) is 17.4 Å². The summed E-state index contributed by atoms with van der Waals surface area (Å²) in [5.74, 6) is 0.835. The fourth-order valence-electron chi connectivity index (χ4n) is 2.45. The summed E-state index contributed by atoms with van der Waals surface area (Å²) in [4.78, 5) is 16.6. The first kappa shape index (κ1) is 18.4. The van der Waals surface area contributed by atoms with Crippen molar-refractivity contribution < 1.29 is 18.7 Å². The highest BCUT2D eigenvalue weighted by atomic mass is 19.1. The van der Waals surface area contributed by atoms with Gasteiger partial charge in [0.05, 0.1) is 12.2 Å². The van der Waals surface area contributed by atoms with Gasteiger partial charge in [-0.2, -0.15) is 0 Å². The van der Waals surface area contributed by atoms with Crippen LogP contribution in [0.5, 0.6) is 17.4 Å². The van der Waals surface area contributed by atoms with Gasteiger partial charge in [-0.3, -0.25) is 4.79 Å². The van der Waals surface area contributed by atoms with Crippen LogP contribution < -0.4 is 14.8 Å². The molecule has 0 bridgehead atoms. The van der Waals surface area contributed by atoms with Gasteiger partial charge in [0.2, 0.25) is 5.88 Å². The van der Waals surface area contributed by atoms with Gasteiger partial charge >= 0.3 is 0 Å². The number of ether oxygens (including phenoxy) is 2. The topological polar surface area (TPSA) is 60.5 Å². The van der Waals surface area contributed by atoms with Crippen LogP contribution in [-0.4, -0.2) is 17.5 Å². The van der Waals surface area contributed by atoms with Gasteiger partial charge in [0, 0.05) is 18.8 Å². The zero-order valence-corrected chi connectivity index (χ0v) is 14.8. The smallest absolute Gasteiger partial charge is 0.255 e.